The molecule has 0 aliphatic carbocycles. The molecule has 0 rings (SSSR count). The van der Waals surface area contributed by atoms with Gasteiger partial charge in [0, 0.05) is 25.2 Å². The lowest BCUT2D eigenvalue weighted by Gasteiger charge is -2.38. The standard InChI is InChI=1S/C12H24N2O4/c1-5-13(8-9-15)11(18)14(12(2,3)4)7-6-10(16)17/h15H,5-9H2,1-4H3,(H,16,17). The van der Waals surface area contributed by atoms with Crippen LogP contribution in [0.5, 0.6) is 0 Å². The Bertz CT molecular complexity index is 286. The summed E-state index contributed by atoms with van der Waals surface area (Å²) in [4.78, 5) is 25.9. The third-order valence-corrected chi connectivity index (χ3v) is 2.61. The number of carboxylic acid groups (broad SMARTS) is 1. The fraction of sp³-hybridized carbons (Fsp3) is 0.833. The SMILES string of the molecule is CCN(CCO)C(=O)N(CCC(=O)O)C(C)(C)C. The summed E-state index contributed by atoms with van der Waals surface area (Å²) in [6.07, 6.45) is -0.0836. The third-order valence-electron chi connectivity index (χ3n) is 2.61. The van der Waals surface area contributed by atoms with Crippen LogP contribution in [0.1, 0.15) is 34.1 Å². The third kappa shape index (κ3) is 5.35. The second-order valence-corrected chi connectivity index (χ2v) is 5.05. The molecule has 18 heavy (non-hydrogen) atoms. The lowest BCUT2D eigenvalue weighted by Crippen LogP contribution is -2.53. The van der Waals surface area contributed by atoms with Crippen molar-refractivity contribution in [2.24, 2.45) is 0 Å². The lowest BCUT2D eigenvalue weighted by molar-refractivity contribution is -0.137. The summed E-state index contributed by atoms with van der Waals surface area (Å²) in [5.74, 6) is -0.928. The summed E-state index contributed by atoms with van der Waals surface area (Å²) < 4.78 is 0. The topological polar surface area (TPSA) is 81.1 Å². The Morgan fingerprint density at radius 3 is 2.06 bits per heavy atom. The Morgan fingerprint density at radius 2 is 1.72 bits per heavy atom. The zero-order valence-electron chi connectivity index (χ0n) is 11.6. The van der Waals surface area contributed by atoms with Crippen molar-refractivity contribution >= 4 is 12.0 Å². The number of hydrogen-bond donors (Lipinski definition) is 2. The smallest absolute Gasteiger partial charge is 0.320 e. The molecule has 0 fully saturated rings. The maximum atomic E-state index is 12.3. The summed E-state index contributed by atoms with van der Waals surface area (Å²) in [5.41, 5.74) is -0.449. The largest absolute Gasteiger partial charge is 0.481 e. The molecule has 6 heteroatoms. The molecule has 0 aliphatic heterocycles. The van der Waals surface area contributed by atoms with E-state index in [-0.39, 0.29) is 32.1 Å². The second-order valence-electron chi connectivity index (χ2n) is 5.05. The van der Waals surface area contributed by atoms with Crippen molar-refractivity contribution in [1.82, 2.24) is 9.80 Å². The number of carbonyl (C=O) groups excluding carboxylic acids is 1. The van der Waals surface area contributed by atoms with Crippen molar-refractivity contribution in [3.63, 3.8) is 0 Å². The van der Waals surface area contributed by atoms with E-state index in [1.807, 2.05) is 27.7 Å². The Balaban J connectivity index is 4.83. The first kappa shape index (κ1) is 16.7. The highest BCUT2D eigenvalue weighted by Crippen LogP contribution is 2.16. The fourth-order valence-electron chi connectivity index (χ4n) is 1.61. The molecule has 0 unspecified atom stereocenters. The molecule has 0 aromatic heterocycles. The van der Waals surface area contributed by atoms with Gasteiger partial charge in [0.15, 0.2) is 0 Å². The van der Waals surface area contributed by atoms with Gasteiger partial charge < -0.3 is 20.0 Å². The van der Waals surface area contributed by atoms with Gasteiger partial charge in [0.2, 0.25) is 0 Å². The highest BCUT2D eigenvalue weighted by atomic mass is 16.4. The first-order valence-electron chi connectivity index (χ1n) is 6.13. The van der Waals surface area contributed by atoms with Crippen LogP contribution in [0.25, 0.3) is 0 Å². The molecule has 2 N–H and O–H groups in total. The number of urea groups is 1. The quantitative estimate of drug-likeness (QED) is 0.746. The molecule has 0 atom stereocenters. The van der Waals surface area contributed by atoms with Gasteiger partial charge >= 0.3 is 12.0 Å². The second kappa shape index (κ2) is 7.20. The molecule has 0 aromatic rings. The van der Waals surface area contributed by atoms with Crippen LogP contribution in [-0.2, 0) is 4.79 Å². The van der Waals surface area contributed by atoms with Crippen LogP contribution in [-0.4, -0.2) is 63.8 Å². The highest BCUT2D eigenvalue weighted by molar-refractivity contribution is 5.76. The Kier molecular flexibility index (Phi) is 6.68. The van der Waals surface area contributed by atoms with Crippen LogP contribution in [0.3, 0.4) is 0 Å². The van der Waals surface area contributed by atoms with E-state index in [4.69, 9.17) is 10.2 Å². The number of carboxylic acids is 1. The van der Waals surface area contributed by atoms with Gasteiger partial charge in [0.25, 0.3) is 0 Å². The number of aliphatic hydroxyl groups is 1. The summed E-state index contributed by atoms with van der Waals surface area (Å²) in [6.45, 7) is 8.22. The molecule has 0 aromatic carbocycles. The van der Waals surface area contributed by atoms with Crippen molar-refractivity contribution in [2.75, 3.05) is 26.2 Å². The van der Waals surface area contributed by atoms with Crippen LogP contribution in [0.15, 0.2) is 0 Å². The number of hydrogen-bond acceptors (Lipinski definition) is 3. The Hall–Kier alpha value is -1.30. The molecule has 6 nitrogen and oxygen atoms in total. The van der Waals surface area contributed by atoms with E-state index >= 15 is 0 Å². The predicted molar refractivity (Wildman–Crippen MR) is 68.4 cm³/mol. The van der Waals surface area contributed by atoms with Crippen molar-refractivity contribution in [2.45, 2.75) is 39.7 Å². The number of aliphatic carboxylic acids is 1. The lowest BCUT2D eigenvalue weighted by atomic mass is 10.1. The summed E-state index contributed by atoms with van der Waals surface area (Å²) in [5, 5.41) is 17.6. The van der Waals surface area contributed by atoms with Crippen molar-refractivity contribution in [3.8, 4) is 0 Å². The van der Waals surface area contributed by atoms with Gasteiger partial charge in [-0.25, -0.2) is 4.79 Å². The molecular weight excluding hydrogens is 236 g/mol. The minimum Gasteiger partial charge on any atom is -0.481 e. The number of nitrogens with zero attached hydrogens (tertiary/aromatic N) is 2. The predicted octanol–water partition coefficient (Wildman–Crippen LogP) is 0.996. The minimum atomic E-state index is -0.928. The average Bonchev–Trinajstić information content (AvgIpc) is 2.23. The number of rotatable bonds is 6. The zero-order valence-corrected chi connectivity index (χ0v) is 11.6. The van der Waals surface area contributed by atoms with E-state index in [1.54, 1.807) is 0 Å². The van der Waals surface area contributed by atoms with Gasteiger partial charge in [-0.2, -0.15) is 0 Å². The highest BCUT2D eigenvalue weighted by Gasteiger charge is 2.29. The van der Waals surface area contributed by atoms with Crippen molar-refractivity contribution < 1.29 is 19.8 Å². The van der Waals surface area contributed by atoms with E-state index in [1.165, 1.54) is 9.80 Å². The Labute approximate surface area is 108 Å². The molecule has 0 aliphatic rings. The van der Waals surface area contributed by atoms with E-state index in [0.29, 0.717) is 6.54 Å². The molecule has 106 valence electrons. The van der Waals surface area contributed by atoms with Crippen LogP contribution in [0.4, 0.5) is 4.79 Å². The monoisotopic (exact) mass is 260 g/mol. The molecule has 0 heterocycles. The Morgan fingerprint density at radius 1 is 1.17 bits per heavy atom. The molecule has 0 spiro atoms. The van der Waals surface area contributed by atoms with Crippen LogP contribution in [0.2, 0.25) is 0 Å². The van der Waals surface area contributed by atoms with Gasteiger partial charge in [-0.15, -0.1) is 0 Å². The van der Waals surface area contributed by atoms with E-state index in [9.17, 15) is 9.59 Å². The number of aliphatic hydroxyl groups excluding tert-OH is 1. The normalized spacial score (nSPS) is 11.2. The summed E-state index contributed by atoms with van der Waals surface area (Å²) in [7, 11) is 0. The molecule has 0 radical (unpaired) electrons. The zero-order chi connectivity index (χ0) is 14.3. The van der Waals surface area contributed by atoms with E-state index in [2.05, 4.69) is 0 Å². The number of likely N-dealkylation sites (N-methyl/N-ethyl adjacent to an activating group) is 1. The molecule has 2 amide bonds. The minimum absolute atomic E-state index is 0.0836. The van der Waals surface area contributed by atoms with Gasteiger partial charge in [-0.3, -0.25) is 4.79 Å². The van der Waals surface area contributed by atoms with Gasteiger partial charge in [-0.05, 0) is 27.7 Å². The molecule has 0 saturated carbocycles. The molecule has 0 bridgehead atoms. The van der Waals surface area contributed by atoms with Gasteiger partial charge in [0.1, 0.15) is 0 Å². The number of carbonyl (C=O) groups is 2. The molecule has 0 saturated heterocycles. The first-order chi connectivity index (χ1) is 8.23. The fourth-order valence-corrected chi connectivity index (χ4v) is 1.61. The average molecular weight is 260 g/mol. The van der Waals surface area contributed by atoms with Crippen LogP contribution in [0, 0.1) is 0 Å². The summed E-state index contributed by atoms with van der Waals surface area (Å²) in [6, 6.07) is -0.236. The van der Waals surface area contributed by atoms with Crippen molar-refractivity contribution in [3.05, 3.63) is 0 Å². The first-order valence-corrected chi connectivity index (χ1v) is 6.13. The van der Waals surface area contributed by atoms with Crippen molar-refractivity contribution in [1.29, 1.82) is 0 Å². The van der Waals surface area contributed by atoms with Gasteiger partial charge in [-0.1, -0.05) is 0 Å². The van der Waals surface area contributed by atoms with Crippen LogP contribution < -0.4 is 0 Å². The summed E-state index contributed by atoms with van der Waals surface area (Å²) >= 11 is 0. The maximum absolute atomic E-state index is 12.3. The van der Waals surface area contributed by atoms with E-state index < -0.39 is 11.5 Å². The van der Waals surface area contributed by atoms with Gasteiger partial charge in [0.05, 0.1) is 13.0 Å². The van der Waals surface area contributed by atoms with E-state index in [0.717, 1.165) is 0 Å². The van der Waals surface area contributed by atoms with Crippen LogP contribution >= 0.6 is 0 Å². The number of amides is 2. The molecular formula is C12H24N2O4. The maximum Gasteiger partial charge on any atom is 0.320 e.